The van der Waals surface area contributed by atoms with Gasteiger partial charge >= 0.3 is 6.09 Å². The number of benzene rings is 1. The molecule has 13 heteroatoms. The zero-order chi connectivity index (χ0) is 25.8. The van der Waals surface area contributed by atoms with Gasteiger partial charge in [-0.25, -0.2) is 18.0 Å². The van der Waals surface area contributed by atoms with E-state index in [0.717, 1.165) is 0 Å². The van der Waals surface area contributed by atoms with Crippen molar-refractivity contribution in [3.8, 4) is 0 Å². The second-order valence-electron chi connectivity index (χ2n) is 9.67. The summed E-state index contributed by atoms with van der Waals surface area (Å²) in [6.07, 6.45) is -0.278. The number of nitrogens with one attached hydrogen (secondary N) is 2. The van der Waals surface area contributed by atoms with Gasteiger partial charge in [0.25, 0.3) is 11.8 Å². The average Bonchev–Trinajstić information content (AvgIpc) is 3.31. The smallest absolute Gasteiger partial charge is 0.407 e. The van der Waals surface area contributed by atoms with Crippen LogP contribution < -0.4 is 10.6 Å². The second-order valence-corrected chi connectivity index (χ2v) is 10.1. The largest absolute Gasteiger partial charge is 0.446 e. The lowest BCUT2D eigenvalue weighted by molar-refractivity contribution is -0.136. The molecule has 3 heterocycles. The van der Waals surface area contributed by atoms with Crippen molar-refractivity contribution in [2.75, 3.05) is 13.1 Å². The molecule has 1 aliphatic carbocycles. The third-order valence-corrected chi connectivity index (χ3v) is 7.60. The van der Waals surface area contributed by atoms with E-state index >= 15 is 4.39 Å². The molecule has 5 rings (SSSR count). The molecule has 3 aliphatic heterocycles. The van der Waals surface area contributed by atoms with Crippen LogP contribution in [0.5, 0.6) is 0 Å². The summed E-state index contributed by atoms with van der Waals surface area (Å²) in [5.41, 5.74) is -0.0511. The van der Waals surface area contributed by atoms with Gasteiger partial charge in [-0.05, 0) is 12.5 Å². The van der Waals surface area contributed by atoms with Gasteiger partial charge in [-0.1, -0.05) is 11.6 Å². The van der Waals surface area contributed by atoms with E-state index in [1.165, 1.54) is 11.0 Å². The number of hydrogen-bond donors (Lipinski definition) is 2. The summed E-state index contributed by atoms with van der Waals surface area (Å²) >= 11 is 6.30. The van der Waals surface area contributed by atoms with E-state index in [-0.39, 0.29) is 66.7 Å². The van der Waals surface area contributed by atoms with E-state index in [9.17, 15) is 28.0 Å². The molecule has 1 saturated carbocycles. The maximum Gasteiger partial charge on any atom is 0.407 e. The van der Waals surface area contributed by atoms with Crippen molar-refractivity contribution in [2.45, 2.75) is 69.3 Å². The molecule has 4 amide bonds. The van der Waals surface area contributed by atoms with Crippen molar-refractivity contribution < 1.29 is 37.1 Å². The minimum Gasteiger partial charge on any atom is -0.446 e. The maximum atomic E-state index is 15.3. The molecule has 2 N–H and O–H groups in total. The highest BCUT2D eigenvalue weighted by Crippen LogP contribution is 2.37. The SMILES string of the molecule is O=C1CCC(N2Cc3c(Cl)cc(CNC(=O)OC4CC(N5CCC(F)(F)C5)C4)c(F)c3C2=O)C(=O)N1. The van der Waals surface area contributed by atoms with Gasteiger partial charge in [-0.15, -0.1) is 0 Å². The third kappa shape index (κ3) is 4.63. The highest BCUT2D eigenvalue weighted by atomic mass is 35.5. The van der Waals surface area contributed by atoms with E-state index in [2.05, 4.69) is 10.6 Å². The van der Waals surface area contributed by atoms with Gasteiger partial charge in [-0.2, -0.15) is 0 Å². The number of ether oxygens (including phenoxy) is 1. The van der Waals surface area contributed by atoms with Gasteiger partial charge in [0.05, 0.1) is 12.1 Å². The summed E-state index contributed by atoms with van der Waals surface area (Å²) < 4.78 is 47.3. The number of amides is 4. The molecule has 0 bridgehead atoms. The Labute approximate surface area is 209 Å². The zero-order valence-electron chi connectivity index (χ0n) is 19.1. The van der Waals surface area contributed by atoms with Crippen molar-refractivity contribution in [1.82, 2.24) is 20.4 Å². The first kappa shape index (κ1) is 24.8. The van der Waals surface area contributed by atoms with Crippen LogP contribution in [0.4, 0.5) is 18.0 Å². The van der Waals surface area contributed by atoms with Crippen LogP contribution in [-0.2, 0) is 27.4 Å². The van der Waals surface area contributed by atoms with Gasteiger partial charge in [0.15, 0.2) is 0 Å². The highest BCUT2D eigenvalue weighted by molar-refractivity contribution is 6.32. The number of halogens is 4. The molecule has 1 unspecified atom stereocenters. The Hall–Kier alpha value is -2.86. The van der Waals surface area contributed by atoms with Crippen LogP contribution in [0.15, 0.2) is 6.07 Å². The topological polar surface area (TPSA) is 108 Å². The van der Waals surface area contributed by atoms with Crippen molar-refractivity contribution in [3.05, 3.63) is 33.6 Å². The van der Waals surface area contributed by atoms with Crippen molar-refractivity contribution >= 4 is 35.4 Å². The highest BCUT2D eigenvalue weighted by Gasteiger charge is 2.45. The van der Waals surface area contributed by atoms with Gasteiger partial charge in [0, 0.05) is 67.5 Å². The molecule has 1 aromatic rings. The Morgan fingerprint density at radius 3 is 2.69 bits per heavy atom. The van der Waals surface area contributed by atoms with Crippen LogP contribution in [0.1, 0.15) is 53.6 Å². The van der Waals surface area contributed by atoms with Crippen molar-refractivity contribution in [1.29, 1.82) is 0 Å². The number of imide groups is 1. The van der Waals surface area contributed by atoms with Crippen LogP contribution in [0.3, 0.4) is 0 Å². The summed E-state index contributed by atoms with van der Waals surface area (Å²) in [7, 11) is 0. The van der Waals surface area contributed by atoms with Crippen LogP contribution in [0.25, 0.3) is 0 Å². The molecule has 194 valence electrons. The summed E-state index contributed by atoms with van der Waals surface area (Å²) in [6.45, 7) is -0.334. The number of rotatable bonds is 5. The average molecular weight is 529 g/mol. The van der Waals surface area contributed by atoms with Gasteiger partial charge in [0.2, 0.25) is 11.8 Å². The number of piperidine rings is 1. The Bertz CT molecular complexity index is 1140. The van der Waals surface area contributed by atoms with Crippen molar-refractivity contribution in [2.24, 2.45) is 0 Å². The molecular formula is C23H24ClF3N4O5. The van der Waals surface area contributed by atoms with E-state index in [1.54, 1.807) is 4.90 Å². The maximum absolute atomic E-state index is 15.3. The number of nitrogens with zero attached hydrogens (tertiary/aromatic N) is 2. The Balaban J connectivity index is 1.17. The first-order chi connectivity index (χ1) is 17.0. The molecule has 9 nitrogen and oxygen atoms in total. The zero-order valence-corrected chi connectivity index (χ0v) is 19.9. The van der Waals surface area contributed by atoms with Gasteiger partial charge in [-0.3, -0.25) is 24.6 Å². The molecule has 0 radical (unpaired) electrons. The second kappa shape index (κ2) is 9.22. The molecule has 3 fully saturated rings. The Kier molecular flexibility index (Phi) is 6.36. The van der Waals surface area contributed by atoms with Crippen LogP contribution in [-0.4, -0.2) is 70.8 Å². The molecule has 0 spiro atoms. The minimum atomic E-state index is -2.68. The molecule has 0 aromatic heterocycles. The number of alkyl halides is 2. The molecule has 36 heavy (non-hydrogen) atoms. The fourth-order valence-corrected chi connectivity index (χ4v) is 5.49. The van der Waals surface area contributed by atoms with Crippen LogP contribution in [0.2, 0.25) is 5.02 Å². The van der Waals surface area contributed by atoms with Crippen molar-refractivity contribution in [3.63, 3.8) is 0 Å². The summed E-state index contributed by atoms with van der Waals surface area (Å²) in [6, 6.07) is 0.347. The van der Waals surface area contributed by atoms with E-state index in [1.807, 2.05) is 0 Å². The number of hydrogen-bond acceptors (Lipinski definition) is 6. The van der Waals surface area contributed by atoms with Crippen LogP contribution >= 0.6 is 11.6 Å². The fourth-order valence-electron chi connectivity index (χ4n) is 5.21. The quantitative estimate of drug-likeness (QED) is 0.568. The van der Waals surface area contributed by atoms with E-state index in [0.29, 0.717) is 19.4 Å². The number of carbonyl (C=O) groups is 4. The molecular weight excluding hydrogens is 505 g/mol. The fraction of sp³-hybridized carbons (Fsp3) is 0.565. The van der Waals surface area contributed by atoms with E-state index in [4.69, 9.17) is 16.3 Å². The minimum absolute atomic E-state index is 0.0278. The summed E-state index contributed by atoms with van der Waals surface area (Å²) in [4.78, 5) is 51.7. The standard InChI is InChI=1S/C23H24ClF3N4O5/c24-15-5-11(8-28-22(35)36-13-6-12(7-13)30-4-3-23(26,27)10-30)19(25)18-14(15)9-31(21(18)34)16-1-2-17(32)29-20(16)33/h5,12-13,16H,1-4,6-10H2,(H,28,35)(H,29,32,33). The summed E-state index contributed by atoms with van der Waals surface area (Å²) in [5.74, 6) is -5.29. The molecule has 2 saturated heterocycles. The van der Waals surface area contributed by atoms with Gasteiger partial charge in [0.1, 0.15) is 18.0 Å². The molecule has 4 aliphatic rings. The Morgan fingerprint density at radius 1 is 1.28 bits per heavy atom. The number of fused-ring (bicyclic) bond motifs is 1. The monoisotopic (exact) mass is 528 g/mol. The third-order valence-electron chi connectivity index (χ3n) is 7.26. The predicted molar refractivity (Wildman–Crippen MR) is 119 cm³/mol. The first-order valence-corrected chi connectivity index (χ1v) is 12.1. The normalized spacial score (nSPS) is 27.5. The lowest BCUT2D eigenvalue weighted by Gasteiger charge is -2.40. The number of likely N-dealkylation sites (tertiary alicyclic amines) is 1. The van der Waals surface area contributed by atoms with E-state index < -0.39 is 47.7 Å². The molecule has 1 aromatic carbocycles. The predicted octanol–water partition coefficient (Wildman–Crippen LogP) is 2.34. The van der Waals surface area contributed by atoms with Gasteiger partial charge < -0.3 is 15.0 Å². The lowest BCUT2D eigenvalue weighted by Crippen LogP contribution is -2.52. The van der Waals surface area contributed by atoms with Crippen LogP contribution in [0, 0.1) is 5.82 Å². The first-order valence-electron chi connectivity index (χ1n) is 11.7. The number of alkyl carbamates (subject to hydrolysis) is 1. The Morgan fingerprint density at radius 2 is 2.03 bits per heavy atom. The number of carbonyl (C=O) groups excluding carboxylic acids is 4. The lowest BCUT2D eigenvalue weighted by atomic mass is 9.88. The summed E-state index contributed by atoms with van der Waals surface area (Å²) in [5, 5.41) is 4.73. The molecule has 1 atom stereocenters.